The number of aliphatic hydroxyl groups excluding tert-OH is 1. The predicted octanol–water partition coefficient (Wildman–Crippen LogP) is 3.56. The zero-order valence-corrected chi connectivity index (χ0v) is 11.9. The Bertz CT molecular complexity index is 432. The monoisotopic (exact) mass is 283 g/mol. The SMILES string of the molecule is CC(NCC(O)c1ccc(F)c(F)c1)C1CCCCC1. The van der Waals surface area contributed by atoms with Crippen LogP contribution in [0.25, 0.3) is 0 Å². The molecule has 1 saturated carbocycles. The highest BCUT2D eigenvalue weighted by Gasteiger charge is 2.20. The number of rotatable bonds is 5. The first-order valence-corrected chi connectivity index (χ1v) is 7.44. The highest BCUT2D eigenvalue weighted by molar-refractivity contribution is 5.20. The molecule has 2 atom stereocenters. The lowest BCUT2D eigenvalue weighted by molar-refractivity contribution is 0.160. The summed E-state index contributed by atoms with van der Waals surface area (Å²) in [6.07, 6.45) is 5.53. The Balaban J connectivity index is 1.84. The van der Waals surface area contributed by atoms with Crippen molar-refractivity contribution in [3.63, 3.8) is 0 Å². The second-order valence-electron chi connectivity index (χ2n) is 5.78. The van der Waals surface area contributed by atoms with E-state index in [4.69, 9.17) is 0 Å². The molecular weight excluding hydrogens is 260 g/mol. The van der Waals surface area contributed by atoms with E-state index in [9.17, 15) is 13.9 Å². The molecule has 0 spiro atoms. The van der Waals surface area contributed by atoms with Crippen molar-refractivity contribution in [2.45, 2.75) is 51.2 Å². The third-order valence-corrected chi connectivity index (χ3v) is 4.32. The van der Waals surface area contributed by atoms with E-state index in [1.54, 1.807) is 0 Å². The van der Waals surface area contributed by atoms with Crippen LogP contribution in [0.1, 0.15) is 50.7 Å². The fourth-order valence-electron chi connectivity index (χ4n) is 2.94. The van der Waals surface area contributed by atoms with E-state index < -0.39 is 17.7 Å². The van der Waals surface area contributed by atoms with E-state index in [0.29, 0.717) is 24.1 Å². The summed E-state index contributed by atoms with van der Waals surface area (Å²) in [5, 5.41) is 13.3. The molecule has 0 heterocycles. The first-order chi connectivity index (χ1) is 9.58. The van der Waals surface area contributed by atoms with Crippen LogP contribution in [0.5, 0.6) is 0 Å². The summed E-state index contributed by atoms with van der Waals surface area (Å²) >= 11 is 0. The Morgan fingerprint density at radius 3 is 2.55 bits per heavy atom. The van der Waals surface area contributed by atoms with Crippen LogP contribution in [0.15, 0.2) is 18.2 Å². The molecule has 1 aromatic rings. The lowest BCUT2D eigenvalue weighted by Crippen LogP contribution is -2.37. The summed E-state index contributed by atoms with van der Waals surface area (Å²) in [4.78, 5) is 0. The fourth-order valence-corrected chi connectivity index (χ4v) is 2.94. The molecule has 0 aromatic heterocycles. The van der Waals surface area contributed by atoms with Crippen LogP contribution < -0.4 is 5.32 Å². The first kappa shape index (κ1) is 15.4. The van der Waals surface area contributed by atoms with Crippen molar-refractivity contribution in [1.29, 1.82) is 0 Å². The summed E-state index contributed by atoms with van der Waals surface area (Å²) in [7, 11) is 0. The maximum atomic E-state index is 13.1. The second-order valence-corrected chi connectivity index (χ2v) is 5.78. The van der Waals surface area contributed by atoms with Gasteiger partial charge in [-0.2, -0.15) is 0 Å². The lowest BCUT2D eigenvalue weighted by atomic mass is 9.84. The van der Waals surface area contributed by atoms with Crippen molar-refractivity contribution >= 4 is 0 Å². The Kier molecular flexibility index (Phi) is 5.49. The molecule has 1 fully saturated rings. The normalized spacial score (nSPS) is 19.8. The number of hydrogen-bond donors (Lipinski definition) is 2. The van der Waals surface area contributed by atoms with E-state index >= 15 is 0 Å². The van der Waals surface area contributed by atoms with Crippen LogP contribution in [0.3, 0.4) is 0 Å². The third kappa shape index (κ3) is 4.00. The van der Waals surface area contributed by atoms with Gasteiger partial charge in [-0.3, -0.25) is 0 Å². The zero-order chi connectivity index (χ0) is 14.5. The van der Waals surface area contributed by atoms with Gasteiger partial charge < -0.3 is 10.4 Å². The van der Waals surface area contributed by atoms with Gasteiger partial charge in [0.1, 0.15) is 0 Å². The topological polar surface area (TPSA) is 32.3 Å². The molecule has 1 aliphatic rings. The van der Waals surface area contributed by atoms with Crippen molar-refractivity contribution < 1.29 is 13.9 Å². The molecule has 2 nitrogen and oxygen atoms in total. The smallest absolute Gasteiger partial charge is 0.159 e. The van der Waals surface area contributed by atoms with Crippen molar-refractivity contribution in [3.8, 4) is 0 Å². The molecule has 112 valence electrons. The van der Waals surface area contributed by atoms with Gasteiger partial charge in [-0.25, -0.2) is 8.78 Å². The van der Waals surface area contributed by atoms with Gasteiger partial charge in [0.25, 0.3) is 0 Å². The standard InChI is InChI=1S/C16H23F2NO/c1-11(12-5-3-2-4-6-12)19-10-16(20)13-7-8-14(17)15(18)9-13/h7-9,11-12,16,19-20H,2-6,10H2,1H3. The molecule has 4 heteroatoms. The molecule has 0 saturated heterocycles. The summed E-state index contributed by atoms with van der Waals surface area (Å²) in [5.41, 5.74) is 0.409. The van der Waals surface area contributed by atoms with Gasteiger partial charge in [-0.1, -0.05) is 25.3 Å². The molecule has 0 radical (unpaired) electrons. The first-order valence-electron chi connectivity index (χ1n) is 7.44. The van der Waals surface area contributed by atoms with Crippen molar-refractivity contribution in [1.82, 2.24) is 5.32 Å². The quantitative estimate of drug-likeness (QED) is 0.866. The molecule has 2 rings (SSSR count). The van der Waals surface area contributed by atoms with E-state index in [2.05, 4.69) is 12.2 Å². The largest absolute Gasteiger partial charge is 0.387 e. The maximum absolute atomic E-state index is 13.1. The number of halogens is 2. The van der Waals surface area contributed by atoms with Gasteiger partial charge in [-0.15, -0.1) is 0 Å². The van der Waals surface area contributed by atoms with Gasteiger partial charge >= 0.3 is 0 Å². The maximum Gasteiger partial charge on any atom is 0.159 e. The number of aliphatic hydroxyl groups is 1. The molecule has 0 bridgehead atoms. The second kappa shape index (κ2) is 7.14. The molecule has 2 unspecified atom stereocenters. The van der Waals surface area contributed by atoms with Crippen molar-refractivity contribution in [2.75, 3.05) is 6.54 Å². The molecule has 0 aliphatic heterocycles. The van der Waals surface area contributed by atoms with Gasteiger partial charge in [0.15, 0.2) is 11.6 Å². The van der Waals surface area contributed by atoms with Crippen molar-refractivity contribution in [3.05, 3.63) is 35.4 Å². The number of nitrogens with one attached hydrogen (secondary N) is 1. The van der Waals surface area contributed by atoms with Crippen molar-refractivity contribution in [2.24, 2.45) is 5.92 Å². The minimum absolute atomic E-state index is 0.343. The minimum atomic E-state index is -0.915. The average Bonchev–Trinajstić information content (AvgIpc) is 2.48. The Hall–Kier alpha value is -1.00. The average molecular weight is 283 g/mol. The number of benzene rings is 1. The molecule has 20 heavy (non-hydrogen) atoms. The van der Waals surface area contributed by atoms with E-state index in [0.717, 1.165) is 12.1 Å². The van der Waals surface area contributed by atoms with Gasteiger partial charge in [0.05, 0.1) is 6.10 Å². The Labute approximate surface area is 119 Å². The third-order valence-electron chi connectivity index (χ3n) is 4.32. The van der Waals surface area contributed by atoms with Crippen LogP contribution in [-0.4, -0.2) is 17.7 Å². The van der Waals surface area contributed by atoms with Crippen LogP contribution >= 0.6 is 0 Å². The molecule has 1 aliphatic carbocycles. The van der Waals surface area contributed by atoms with Crippen LogP contribution in [0.2, 0.25) is 0 Å². The molecule has 1 aromatic carbocycles. The predicted molar refractivity (Wildman–Crippen MR) is 75.4 cm³/mol. The van der Waals surface area contributed by atoms with E-state index in [1.807, 2.05) is 0 Å². The minimum Gasteiger partial charge on any atom is -0.387 e. The lowest BCUT2D eigenvalue weighted by Gasteiger charge is -2.29. The molecule has 2 N–H and O–H groups in total. The molecule has 0 amide bonds. The van der Waals surface area contributed by atoms with Gasteiger partial charge in [-0.05, 0) is 43.4 Å². The highest BCUT2D eigenvalue weighted by Crippen LogP contribution is 2.26. The van der Waals surface area contributed by atoms with E-state index in [-0.39, 0.29) is 0 Å². The summed E-state index contributed by atoms with van der Waals surface area (Å²) in [6, 6.07) is 3.89. The molecular formula is C16H23F2NO. The van der Waals surface area contributed by atoms with Crippen LogP contribution in [0.4, 0.5) is 8.78 Å². The summed E-state index contributed by atoms with van der Waals surface area (Å²) in [6.45, 7) is 2.50. The summed E-state index contributed by atoms with van der Waals surface area (Å²) in [5.74, 6) is -1.15. The number of hydrogen-bond acceptors (Lipinski definition) is 2. The zero-order valence-electron chi connectivity index (χ0n) is 11.9. The Morgan fingerprint density at radius 1 is 1.20 bits per heavy atom. The fraction of sp³-hybridized carbons (Fsp3) is 0.625. The Morgan fingerprint density at radius 2 is 1.90 bits per heavy atom. The van der Waals surface area contributed by atoms with Crippen LogP contribution in [0, 0.1) is 17.6 Å². The van der Waals surface area contributed by atoms with E-state index in [1.165, 1.54) is 38.2 Å². The van der Waals surface area contributed by atoms with Crippen LogP contribution in [-0.2, 0) is 0 Å². The van der Waals surface area contributed by atoms with Gasteiger partial charge in [0.2, 0.25) is 0 Å². The summed E-state index contributed by atoms with van der Waals surface area (Å²) < 4.78 is 26.0. The van der Waals surface area contributed by atoms with Gasteiger partial charge in [0, 0.05) is 12.6 Å². The highest BCUT2D eigenvalue weighted by atomic mass is 19.2.